The molecule has 0 saturated heterocycles. The molecule has 0 saturated carbocycles. The van der Waals surface area contributed by atoms with Gasteiger partial charge in [-0.2, -0.15) is 0 Å². The zero-order chi connectivity index (χ0) is 12.1. The van der Waals surface area contributed by atoms with Crippen molar-refractivity contribution >= 4 is 17.3 Å². The lowest BCUT2D eigenvalue weighted by Gasteiger charge is -2.08. The molecule has 1 rings (SSSR count). The number of nitrogens with zero attached hydrogens (tertiary/aromatic N) is 1. The van der Waals surface area contributed by atoms with Crippen molar-refractivity contribution in [1.82, 2.24) is 9.88 Å². The second-order valence-electron chi connectivity index (χ2n) is 3.64. The summed E-state index contributed by atoms with van der Waals surface area (Å²) in [6.45, 7) is 2.77. The first-order chi connectivity index (χ1) is 7.52. The highest BCUT2D eigenvalue weighted by Crippen LogP contribution is 2.12. The van der Waals surface area contributed by atoms with Crippen LogP contribution in [0.4, 0.5) is 0 Å². The highest BCUT2D eigenvalue weighted by atomic mass is 32.1. The fourth-order valence-electron chi connectivity index (χ4n) is 1.31. The largest absolute Gasteiger partial charge is 0.466 e. The van der Waals surface area contributed by atoms with Crippen molar-refractivity contribution in [2.45, 2.75) is 19.9 Å². The Morgan fingerprint density at radius 3 is 2.75 bits per heavy atom. The van der Waals surface area contributed by atoms with Crippen LogP contribution in [0, 0.1) is 0 Å². The maximum Gasteiger partial charge on any atom is 0.311 e. The summed E-state index contributed by atoms with van der Waals surface area (Å²) in [5, 5.41) is 0. The highest BCUT2D eigenvalue weighted by molar-refractivity contribution is 7.09. The van der Waals surface area contributed by atoms with E-state index in [0.717, 1.165) is 16.2 Å². The minimum atomic E-state index is -0.309. The molecule has 5 nitrogen and oxygen atoms in total. The number of ether oxygens (including phenoxy) is 1. The Bertz CT molecular complexity index is 408. The van der Waals surface area contributed by atoms with Gasteiger partial charge in [0.05, 0.1) is 13.0 Å². The van der Waals surface area contributed by atoms with E-state index in [4.69, 9.17) is 4.74 Å². The lowest BCUT2D eigenvalue weighted by Crippen LogP contribution is -2.14. The van der Waals surface area contributed by atoms with Gasteiger partial charge in [-0.3, -0.25) is 9.59 Å². The molecule has 0 aliphatic rings. The summed E-state index contributed by atoms with van der Waals surface area (Å²) >= 11 is 1.14. The zero-order valence-corrected chi connectivity index (χ0v) is 10.5. The normalized spacial score (nSPS) is 10.8. The molecule has 0 unspecified atom stereocenters. The van der Waals surface area contributed by atoms with Crippen molar-refractivity contribution in [2.24, 2.45) is 0 Å². The maximum atomic E-state index is 11.3. The van der Waals surface area contributed by atoms with Crippen LogP contribution in [0.5, 0.6) is 0 Å². The number of nitrogens with one attached hydrogen (secondary N) is 1. The number of H-pyrrole nitrogens is 1. The average molecular weight is 244 g/mol. The number of carbonyl (C=O) groups excluding carboxylic acids is 1. The van der Waals surface area contributed by atoms with E-state index in [1.165, 1.54) is 0 Å². The van der Waals surface area contributed by atoms with Crippen molar-refractivity contribution in [1.29, 1.82) is 0 Å². The molecule has 6 heteroatoms. The number of carbonyl (C=O) groups is 1. The molecule has 1 N–H and O–H groups in total. The van der Waals surface area contributed by atoms with Gasteiger partial charge in [0.25, 0.3) is 0 Å². The van der Waals surface area contributed by atoms with E-state index in [0.29, 0.717) is 18.8 Å². The molecule has 16 heavy (non-hydrogen) atoms. The lowest BCUT2D eigenvalue weighted by atomic mass is 10.2. The summed E-state index contributed by atoms with van der Waals surface area (Å²) in [6.07, 6.45) is 0.135. The Hall–Kier alpha value is -1.14. The van der Waals surface area contributed by atoms with Crippen LogP contribution in [0.2, 0.25) is 0 Å². The molecule has 1 aromatic rings. The van der Waals surface area contributed by atoms with Crippen LogP contribution in [-0.4, -0.2) is 36.6 Å². The van der Waals surface area contributed by atoms with Crippen molar-refractivity contribution in [3.8, 4) is 0 Å². The number of hydrogen-bond acceptors (Lipinski definition) is 5. The number of hydrogen-bond donors (Lipinski definition) is 1. The molecule has 0 atom stereocenters. The molecule has 1 aromatic heterocycles. The number of aromatic amines is 1. The molecule has 0 aromatic carbocycles. The molecule has 0 amide bonds. The van der Waals surface area contributed by atoms with E-state index >= 15 is 0 Å². The van der Waals surface area contributed by atoms with Crippen molar-refractivity contribution < 1.29 is 9.53 Å². The fraction of sp³-hybridized carbons (Fsp3) is 0.600. The van der Waals surface area contributed by atoms with Crippen LogP contribution >= 0.6 is 11.3 Å². The summed E-state index contributed by atoms with van der Waals surface area (Å²) in [5.74, 6) is -0.309. The van der Waals surface area contributed by atoms with E-state index < -0.39 is 0 Å². The summed E-state index contributed by atoms with van der Waals surface area (Å²) in [7, 11) is 3.83. The number of thiazole rings is 1. The highest BCUT2D eigenvalue weighted by Gasteiger charge is 2.13. The second kappa shape index (κ2) is 5.81. The van der Waals surface area contributed by atoms with Crippen LogP contribution in [0.15, 0.2) is 4.79 Å². The average Bonchev–Trinajstić information content (AvgIpc) is 2.45. The molecular formula is C10H16N2O3S. The molecule has 1 heterocycles. The molecule has 0 fully saturated rings. The van der Waals surface area contributed by atoms with Crippen LogP contribution in [-0.2, 0) is 22.5 Å². The van der Waals surface area contributed by atoms with Crippen molar-refractivity contribution in [3.63, 3.8) is 0 Å². The Labute approximate surface area is 98.0 Å². The molecule has 90 valence electrons. The van der Waals surface area contributed by atoms with E-state index in [1.54, 1.807) is 6.92 Å². The first-order valence-electron chi connectivity index (χ1n) is 5.04. The topological polar surface area (TPSA) is 62.4 Å². The molecule has 0 aliphatic heterocycles. The minimum absolute atomic E-state index is 0.129. The van der Waals surface area contributed by atoms with Gasteiger partial charge in [-0.05, 0) is 21.0 Å². The molecule has 0 bridgehead atoms. The fourth-order valence-corrected chi connectivity index (χ4v) is 2.27. The molecule has 0 spiro atoms. The van der Waals surface area contributed by atoms with Gasteiger partial charge in [0.15, 0.2) is 0 Å². The smallest absolute Gasteiger partial charge is 0.311 e. The SMILES string of the molecule is CCOC(=O)Cc1[nH]c(=O)sc1CN(C)C. The van der Waals surface area contributed by atoms with Crippen LogP contribution in [0.3, 0.4) is 0 Å². The Balaban J connectivity index is 2.78. The Morgan fingerprint density at radius 1 is 1.50 bits per heavy atom. The third kappa shape index (κ3) is 3.79. The van der Waals surface area contributed by atoms with E-state index in [2.05, 4.69) is 4.98 Å². The van der Waals surface area contributed by atoms with Gasteiger partial charge >= 0.3 is 10.8 Å². The van der Waals surface area contributed by atoms with E-state index in [1.807, 2.05) is 19.0 Å². The summed E-state index contributed by atoms with van der Waals surface area (Å²) in [6, 6.07) is 0. The molecule has 0 radical (unpaired) electrons. The monoisotopic (exact) mass is 244 g/mol. The van der Waals surface area contributed by atoms with Gasteiger partial charge in [-0.25, -0.2) is 0 Å². The van der Waals surface area contributed by atoms with Gasteiger partial charge in [0.2, 0.25) is 0 Å². The molecule has 0 aliphatic carbocycles. The van der Waals surface area contributed by atoms with Gasteiger partial charge in [-0.1, -0.05) is 11.3 Å². The zero-order valence-electron chi connectivity index (χ0n) is 9.70. The summed E-state index contributed by atoms with van der Waals surface area (Å²) in [4.78, 5) is 27.9. The minimum Gasteiger partial charge on any atom is -0.466 e. The van der Waals surface area contributed by atoms with Gasteiger partial charge in [0.1, 0.15) is 0 Å². The standard InChI is InChI=1S/C10H16N2O3S/c1-4-15-9(13)5-7-8(6-12(2)3)16-10(14)11-7/h4-6H2,1-3H3,(H,11,14). The van der Waals surface area contributed by atoms with Crippen molar-refractivity contribution in [3.05, 3.63) is 20.2 Å². The number of rotatable bonds is 5. The first-order valence-corrected chi connectivity index (χ1v) is 5.85. The third-order valence-electron chi connectivity index (χ3n) is 1.89. The Morgan fingerprint density at radius 2 is 2.19 bits per heavy atom. The van der Waals surface area contributed by atoms with E-state index in [9.17, 15) is 9.59 Å². The number of aromatic nitrogens is 1. The van der Waals surface area contributed by atoms with Crippen molar-refractivity contribution in [2.75, 3.05) is 20.7 Å². The van der Waals surface area contributed by atoms with Gasteiger partial charge < -0.3 is 14.6 Å². The molecular weight excluding hydrogens is 228 g/mol. The number of esters is 1. The Kier molecular flexibility index (Phi) is 4.70. The predicted molar refractivity (Wildman–Crippen MR) is 62.7 cm³/mol. The third-order valence-corrected chi connectivity index (χ3v) is 2.80. The summed E-state index contributed by atoms with van der Waals surface area (Å²) in [5.41, 5.74) is 0.669. The quantitative estimate of drug-likeness (QED) is 0.771. The van der Waals surface area contributed by atoms with Crippen LogP contribution < -0.4 is 4.87 Å². The van der Waals surface area contributed by atoms with Gasteiger partial charge in [0, 0.05) is 17.1 Å². The van der Waals surface area contributed by atoms with Crippen LogP contribution in [0.1, 0.15) is 17.5 Å². The first kappa shape index (κ1) is 12.9. The van der Waals surface area contributed by atoms with Gasteiger partial charge in [-0.15, -0.1) is 0 Å². The van der Waals surface area contributed by atoms with E-state index in [-0.39, 0.29) is 17.3 Å². The second-order valence-corrected chi connectivity index (χ2v) is 4.70. The lowest BCUT2D eigenvalue weighted by molar-refractivity contribution is -0.142. The van der Waals surface area contributed by atoms with Crippen LogP contribution in [0.25, 0.3) is 0 Å². The predicted octanol–water partition coefficient (Wildman–Crippen LogP) is 0.604. The summed E-state index contributed by atoms with van der Waals surface area (Å²) < 4.78 is 4.85. The maximum absolute atomic E-state index is 11.3.